The Morgan fingerprint density at radius 1 is 1.23 bits per heavy atom. The number of aromatic amines is 1. The number of rotatable bonds is 9. The zero-order chi connectivity index (χ0) is 24.0. The standard InChI is InChI=1S/C26H32F2N6O/c1-35-23-11-24(31-17-14-33(15-17)9-2-8-27)29-12-21(23)25-19-3-4-22-20(13-30-32-22)18(19)5-10-34(25)16-26(28)6-7-26/h3-4,11-13,17,25H,2,5-10,14-16H2,1H3,(H,29,31)(H,30,32). The van der Waals surface area contributed by atoms with Gasteiger partial charge in [0.15, 0.2) is 0 Å². The van der Waals surface area contributed by atoms with Gasteiger partial charge in [0.2, 0.25) is 0 Å². The van der Waals surface area contributed by atoms with Gasteiger partial charge in [-0.2, -0.15) is 5.10 Å². The Bertz CT molecular complexity index is 1210. The van der Waals surface area contributed by atoms with E-state index in [2.05, 4.69) is 37.4 Å². The SMILES string of the molecule is COc1cc(NC2CN(CCCF)C2)ncc1C1c2ccc3[nH]ncc3c2CCN1CC1(F)CC1. The zero-order valence-electron chi connectivity index (χ0n) is 20.1. The Labute approximate surface area is 203 Å². The van der Waals surface area contributed by atoms with Crippen LogP contribution in [0.3, 0.4) is 0 Å². The molecule has 0 amide bonds. The second-order valence-corrected chi connectivity index (χ2v) is 10.2. The number of likely N-dealkylation sites (tertiary alicyclic amines) is 1. The number of hydrogen-bond acceptors (Lipinski definition) is 6. The van der Waals surface area contributed by atoms with Crippen LogP contribution in [0.2, 0.25) is 0 Å². The van der Waals surface area contributed by atoms with E-state index in [0.29, 0.717) is 31.8 Å². The van der Waals surface area contributed by atoms with Crippen LogP contribution in [0.5, 0.6) is 5.75 Å². The molecule has 2 aromatic heterocycles. The topological polar surface area (TPSA) is 69.3 Å². The summed E-state index contributed by atoms with van der Waals surface area (Å²) in [5.74, 6) is 1.51. The van der Waals surface area contributed by atoms with E-state index in [-0.39, 0.29) is 12.7 Å². The molecule has 0 radical (unpaired) electrons. The Hall–Kier alpha value is -2.78. The van der Waals surface area contributed by atoms with Gasteiger partial charge in [0.05, 0.1) is 37.6 Å². The van der Waals surface area contributed by atoms with Gasteiger partial charge in [-0.15, -0.1) is 0 Å². The third-order valence-electron chi connectivity index (χ3n) is 7.69. The summed E-state index contributed by atoms with van der Waals surface area (Å²) in [6.45, 7) is 3.48. The van der Waals surface area contributed by atoms with Gasteiger partial charge in [0.25, 0.3) is 0 Å². The largest absolute Gasteiger partial charge is 0.496 e. The number of methoxy groups -OCH3 is 1. The first-order valence-electron chi connectivity index (χ1n) is 12.5. The molecule has 6 rings (SSSR count). The van der Waals surface area contributed by atoms with Crippen LogP contribution >= 0.6 is 0 Å². The lowest BCUT2D eigenvalue weighted by atomic mass is 9.86. The number of ether oxygens (including phenoxy) is 1. The summed E-state index contributed by atoms with van der Waals surface area (Å²) in [7, 11) is 1.68. The fraction of sp³-hybridized carbons (Fsp3) is 0.538. The Kier molecular flexibility index (Phi) is 5.84. The molecular formula is C26H32F2N6O. The fourth-order valence-corrected chi connectivity index (χ4v) is 5.65. The number of nitrogens with one attached hydrogen (secondary N) is 2. The lowest BCUT2D eigenvalue weighted by Gasteiger charge is -2.40. The molecule has 3 aliphatic rings. The van der Waals surface area contributed by atoms with Gasteiger partial charge in [-0.25, -0.2) is 9.37 Å². The van der Waals surface area contributed by atoms with Crippen molar-refractivity contribution in [2.75, 3.05) is 51.8 Å². The number of alkyl halides is 2. The van der Waals surface area contributed by atoms with E-state index in [4.69, 9.17) is 9.72 Å². The molecule has 1 aromatic carbocycles. The predicted molar refractivity (Wildman–Crippen MR) is 132 cm³/mol. The summed E-state index contributed by atoms with van der Waals surface area (Å²) in [4.78, 5) is 9.22. The van der Waals surface area contributed by atoms with E-state index in [1.54, 1.807) is 7.11 Å². The number of pyridine rings is 1. The smallest absolute Gasteiger partial charge is 0.129 e. The van der Waals surface area contributed by atoms with Crippen LogP contribution in [0.15, 0.2) is 30.6 Å². The maximum absolute atomic E-state index is 15.0. The van der Waals surface area contributed by atoms with Crippen molar-refractivity contribution < 1.29 is 13.5 Å². The van der Waals surface area contributed by atoms with Gasteiger partial charge in [-0.3, -0.25) is 19.3 Å². The first-order valence-corrected chi connectivity index (χ1v) is 12.5. The molecular weight excluding hydrogens is 450 g/mol. The maximum atomic E-state index is 15.0. The summed E-state index contributed by atoms with van der Waals surface area (Å²) in [6, 6.07) is 6.30. The molecule has 4 heterocycles. The quantitative estimate of drug-likeness (QED) is 0.483. The zero-order valence-corrected chi connectivity index (χ0v) is 20.1. The van der Waals surface area contributed by atoms with E-state index >= 15 is 0 Å². The average Bonchev–Trinajstić information content (AvgIpc) is 3.36. The second kappa shape index (κ2) is 9.02. The number of anilines is 1. The summed E-state index contributed by atoms with van der Waals surface area (Å²) < 4.78 is 33.2. The minimum Gasteiger partial charge on any atom is -0.496 e. The molecule has 2 fully saturated rings. The van der Waals surface area contributed by atoms with Crippen molar-refractivity contribution in [3.8, 4) is 5.75 Å². The lowest BCUT2D eigenvalue weighted by Crippen LogP contribution is -2.54. The van der Waals surface area contributed by atoms with Gasteiger partial charge in [-0.1, -0.05) is 6.07 Å². The predicted octanol–water partition coefficient (Wildman–Crippen LogP) is 3.87. The number of nitrogens with zero attached hydrogens (tertiary/aromatic N) is 4. The Morgan fingerprint density at radius 2 is 2.09 bits per heavy atom. The first kappa shape index (κ1) is 22.7. The normalized spacial score (nSPS) is 22.1. The first-order chi connectivity index (χ1) is 17.1. The minimum atomic E-state index is -1.09. The monoisotopic (exact) mass is 482 g/mol. The highest BCUT2D eigenvalue weighted by Gasteiger charge is 2.47. The molecule has 186 valence electrons. The maximum Gasteiger partial charge on any atom is 0.129 e. The fourth-order valence-electron chi connectivity index (χ4n) is 5.65. The van der Waals surface area contributed by atoms with Gasteiger partial charge in [-0.05, 0) is 42.9 Å². The van der Waals surface area contributed by atoms with Crippen LogP contribution in [-0.2, 0) is 6.42 Å². The molecule has 1 saturated carbocycles. The summed E-state index contributed by atoms with van der Waals surface area (Å²) in [5, 5.41) is 11.9. The highest BCUT2D eigenvalue weighted by atomic mass is 19.1. The van der Waals surface area contributed by atoms with Crippen molar-refractivity contribution in [3.63, 3.8) is 0 Å². The number of H-pyrrole nitrogens is 1. The number of fused-ring (bicyclic) bond motifs is 3. The van der Waals surface area contributed by atoms with Crippen molar-refractivity contribution in [2.45, 2.75) is 43.4 Å². The molecule has 0 spiro atoms. The van der Waals surface area contributed by atoms with Crippen molar-refractivity contribution in [3.05, 3.63) is 47.3 Å². The number of benzene rings is 1. The molecule has 1 saturated heterocycles. The van der Waals surface area contributed by atoms with Crippen molar-refractivity contribution >= 4 is 16.7 Å². The molecule has 0 bridgehead atoms. The molecule has 1 aliphatic carbocycles. The summed E-state index contributed by atoms with van der Waals surface area (Å²) in [5.41, 5.74) is 3.30. The van der Waals surface area contributed by atoms with Crippen LogP contribution in [-0.4, -0.2) is 83.2 Å². The third kappa shape index (κ3) is 4.36. The van der Waals surface area contributed by atoms with Crippen LogP contribution in [0, 0.1) is 0 Å². The molecule has 9 heteroatoms. The Morgan fingerprint density at radius 3 is 2.86 bits per heavy atom. The van der Waals surface area contributed by atoms with Gasteiger partial charge >= 0.3 is 0 Å². The highest BCUT2D eigenvalue weighted by Crippen LogP contribution is 2.46. The molecule has 35 heavy (non-hydrogen) atoms. The third-order valence-corrected chi connectivity index (χ3v) is 7.69. The second-order valence-electron chi connectivity index (χ2n) is 10.2. The van der Waals surface area contributed by atoms with Crippen LogP contribution in [0.25, 0.3) is 10.9 Å². The lowest BCUT2D eigenvalue weighted by molar-refractivity contribution is 0.139. The number of aromatic nitrogens is 3. The molecule has 2 aliphatic heterocycles. The van der Waals surface area contributed by atoms with E-state index in [9.17, 15) is 8.78 Å². The van der Waals surface area contributed by atoms with Crippen LogP contribution < -0.4 is 10.1 Å². The van der Waals surface area contributed by atoms with Crippen molar-refractivity contribution in [1.29, 1.82) is 0 Å². The van der Waals surface area contributed by atoms with Gasteiger partial charge < -0.3 is 10.1 Å². The van der Waals surface area contributed by atoms with E-state index < -0.39 is 5.67 Å². The minimum absolute atomic E-state index is 0.136. The number of hydrogen-bond donors (Lipinski definition) is 2. The van der Waals surface area contributed by atoms with Crippen LogP contribution in [0.1, 0.15) is 42.0 Å². The van der Waals surface area contributed by atoms with Crippen LogP contribution in [0.4, 0.5) is 14.6 Å². The van der Waals surface area contributed by atoms with E-state index in [1.165, 1.54) is 5.56 Å². The molecule has 1 unspecified atom stereocenters. The van der Waals surface area contributed by atoms with Gasteiger partial charge in [0, 0.05) is 55.9 Å². The molecule has 2 N–H and O–H groups in total. The van der Waals surface area contributed by atoms with Gasteiger partial charge in [0.1, 0.15) is 17.2 Å². The Balaban J connectivity index is 1.30. The van der Waals surface area contributed by atoms with Crippen molar-refractivity contribution in [2.24, 2.45) is 0 Å². The average molecular weight is 483 g/mol. The van der Waals surface area contributed by atoms with E-state index in [0.717, 1.165) is 66.2 Å². The molecule has 7 nitrogen and oxygen atoms in total. The number of halogens is 2. The molecule has 1 atom stereocenters. The summed E-state index contributed by atoms with van der Waals surface area (Å²) in [6.07, 6.45) is 6.46. The highest BCUT2D eigenvalue weighted by molar-refractivity contribution is 5.83. The summed E-state index contributed by atoms with van der Waals surface area (Å²) >= 11 is 0. The van der Waals surface area contributed by atoms with E-state index in [1.807, 2.05) is 18.5 Å². The molecule has 3 aromatic rings. The van der Waals surface area contributed by atoms with Crippen molar-refractivity contribution in [1.82, 2.24) is 25.0 Å².